The molecular formula is C12H14O2. The van der Waals surface area contributed by atoms with Crippen LogP contribution in [0, 0.1) is 0 Å². The minimum atomic E-state index is 0.0994. The lowest BCUT2D eigenvalue weighted by Crippen LogP contribution is -2.14. The van der Waals surface area contributed by atoms with Crippen molar-refractivity contribution in [3.63, 3.8) is 0 Å². The van der Waals surface area contributed by atoms with Gasteiger partial charge < -0.3 is 9.47 Å². The van der Waals surface area contributed by atoms with E-state index in [2.05, 4.69) is 12.1 Å². The lowest BCUT2D eigenvalue weighted by atomic mass is 10.1. The van der Waals surface area contributed by atoms with E-state index in [1.165, 1.54) is 5.56 Å². The fourth-order valence-corrected chi connectivity index (χ4v) is 1.66. The number of ether oxygens (including phenoxy) is 2. The van der Waals surface area contributed by atoms with Crippen molar-refractivity contribution in [2.24, 2.45) is 0 Å². The molecule has 0 aliphatic carbocycles. The zero-order chi connectivity index (χ0) is 9.80. The molecule has 2 heteroatoms. The van der Waals surface area contributed by atoms with Gasteiger partial charge in [0.2, 0.25) is 0 Å². The molecule has 2 rings (SSSR count). The highest BCUT2D eigenvalue weighted by molar-refractivity contribution is 5.19. The van der Waals surface area contributed by atoms with Crippen LogP contribution in [0.15, 0.2) is 42.2 Å². The smallest absolute Gasteiger partial charge is 0.123 e. The second kappa shape index (κ2) is 4.29. The van der Waals surface area contributed by atoms with Gasteiger partial charge in [-0.05, 0) is 11.6 Å². The largest absolute Gasteiger partial charge is 0.499 e. The first-order chi connectivity index (χ1) is 6.90. The number of methoxy groups -OCH3 is 1. The predicted octanol–water partition coefficient (Wildman–Crippen LogP) is 2.16. The Kier molecular flexibility index (Phi) is 2.84. The van der Waals surface area contributed by atoms with E-state index in [1.54, 1.807) is 7.11 Å². The molecule has 0 aromatic heterocycles. The van der Waals surface area contributed by atoms with Gasteiger partial charge in [0.25, 0.3) is 0 Å². The molecule has 1 heterocycles. The quantitative estimate of drug-likeness (QED) is 0.727. The fraction of sp³-hybridized carbons (Fsp3) is 0.333. The van der Waals surface area contributed by atoms with Crippen molar-refractivity contribution in [2.45, 2.75) is 12.5 Å². The summed E-state index contributed by atoms with van der Waals surface area (Å²) in [5.41, 5.74) is 1.28. The van der Waals surface area contributed by atoms with Gasteiger partial charge in [-0.2, -0.15) is 0 Å². The second-order valence-corrected chi connectivity index (χ2v) is 3.32. The van der Waals surface area contributed by atoms with Gasteiger partial charge in [-0.3, -0.25) is 0 Å². The lowest BCUT2D eigenvalue weighted by molar-refractivity contribution is 0.0854. The summed E-state index contributed by atoms with van der Waals surface area (Å²) in [6.45, 7) is 0.667. The van der Waals surface area contributed by atoms with E-state index in [-0.39, 0.29) is 6.10 Å². The molecule has 0 radical (unpaired) electrons. The van der Waals surface area contributed by atoms with Crippen LogP contribution in [0.5, 0.6) is 0 Å². The summed E-state index contributed by atoms with van der Waals surface area (Å²) in [4.78, 5) is 0. The fourth-order valence-electron chi connectivity index (χ4n) is 1.66. The van der Waals surface area contributed by atoms with Gasteiger partial charge in [0.05, 0.1) is 13.7 Å². The van der Waals surface area contributed by atoms with Crippen molar-refractivity contribution in [3.8, 4) is 0 Å². The number of benzene rings is 1. The third kappa shape index (κ3) is 1.96. The van der Waals surface area contributed by atoms with Crippen LogP contribution in [0.3, 0.4) is 0 Å². The number of rotatable bonds is 3. The van der Waals surface area contributed by atoms with Crippen LogP contribution in [0.1, 0.15) is 5.56 Å². The standard InChI is InChI=1S/C12H14O2/c1-13-11-7-8-14-12(11)9-10-5-3-2-4-6-10/h2-7,12H,8-9H2,1H3/t12-/m1/s1. The maximum absolute atomic E-state index is 5.54. The van der Waals surface area contributed by atoms with Crippen LogP contribution in [0.4, 0.5) is 0 Å². The Morgan fingerprint density at radius 3 is 2.86 bits per heavy atom. The van der Waals surface area contributed by atoms with E-state index in [9.17, 15) is 0 Å². The molecule has 1 aromatic rings. The Labute approximate surface area is 84.2 Å². The summed E-state index contributed by atoms with van der Waals surface area (Å²) in [6, 6.07) is 10.3. The summed E-state index contributed by atoms with van der Waals surface area (Å²) < 4.78 is 10.8. The molecule has 0 fully saturated rings. The molecule has 1 aliphatic rings. The van der Waals surface area contributed by atoms with Crippen LogP contribution in [0.2, 0.25) is 0 Å². The Balaban J connectivity index is 2.02. The van der Waals surface area contributed by atoms with Crippen LogP contribution in [-0.2, 0) is 15.9 Å². The summed E-state index contributed by atoms with van der Waals surface area (Å²) in [6.07, 6.45) is 2.98. The highest BCUT2D eigenvalue weighted by Gasteiger charge is 2.20. The van der Waals surface area contributed by atoms with Crippen LogP contribution < -0.4 is 0 Å². The maximum Gasteiger partial charge on any atom is 0.123 e. The molecule has 0 amide bonds. The highest BCUT2D eigenvalue weighted by atomic mass is 16.5. The molecule has 0 saturated heterocycles. The molecule has 0 spiro atoms. The molecule has 0 N–H and O–H groups in total. The SMILES string of the molecule is COC1=CCO[C@@H]1Cc1ccccc1. The van der Waals surface area contributed by atoms with Crippen LogP contribution >= 0.6 is 0 Å². The first-order valence-corrected chi connectivity index (χ1v) is 4.79. The van der Waals surface area contributed by atoms with Crippen molar-refractivity contribution < 1.29 is 9.47 Å². The Hall–Kier alpha value is -1.28. The van der Waals surface area contributed by atoms with Crippen molar-refractivity contribution in [1.29, 1.82) is 0 Å². The van der Waals surface area contributed by atoms with E-state index in [1.807, 2.05) is 24.3 Å². The van der Waals surface area contributed by atoms with E-state index < -0.39 is 0 Å². The summed E-state index contributed by atoms with van der Waals surface area (Å²) in [5.74, 6) is 0.953. The third-order valence-electron chi connectivity index (χ3n) is 2.40. The molecule has 0 unspecified atom stereocenters. The first-order valence-electron chi connectivity index (χ1n) is 4.79. The summed E-state index contributed by atoms with van der Waals surface area (Å²) in [7, 11) is 1.69. The van der Waals surface area contributed by atoms with E-state index >= 15 is 0 Å². The highest BCUT2D eigenvalue weighted by Crippen LogP contribution is 2.19. The lowest BCUT2D eigenvalue weighted by Gasteiger charge is -2.13. The average molecular weight is 190 g/mol. The zero-order valence-electron chi connectivity index (χ0n) is 8.27. The van der Waals surface area contributed by atoms with Gasteiger partial charge in [-0.15, -0.1) is 0 Å². The zero-order valence-corrected chi connectivity index (χ0v) is 8.27. The normalized spacial score (nSPS) is 20.6. The average Bonchev–Trinajstić information content (AvgIpc) is 2.67. The molecule has 1 aliphatic heterocycles. The van der Waals surface area contributed by atoms with Gasteiger partial charge in [-0.25, -0.2) is 0 Å². The molecular weight excluding hydrogens is 176 g/mol. The Bertz CT molecular complexity index is 316. The van der Waals surface area contributed by atoms with Gasteiger partial charge in [0.15, 0.2) is 0 Å². The monoisotopic (exact) mass is 190 g/mol. The number of hydrogen-bond acceptors (Lipinski definition) is 2. The molecule has 74 valence electrons. The van der Waals surface area contributed by atoms with Gasteiger partial charge in [0, 0.05) is 6.42 Å². The first kappa shape index (κ1) is 9.28. The molecule has 2 nitrogen and oxygen atoms in total. The van der Waals surface area contributed by atoms with Crippen LogP contribution in [-0.4, -0.2) is 19.8 Å². The molecule has 1 atom stereocenters. The van der Waals surface area contributed by atoms with Gasteiger partial charge in [-0.1, -0.05) is 30.3 Å². The molecule has 0 bridgehead atoms. The van der Waals surface area contributed by atoms with Crippen LogP contribution in [0.25, 0.3) is 0 Å². The van der Waals surface area contributed by atoms with Crippen molar-refractivity contribution in [2.75, 3.05) is 13.7 Å². The topological polar surface area (TPSA) is 18.5 Å². The van der Waals surface area contributed by atoms with Gasteiger partial charge >= 0.3 is 0 Å². The van der Waals surface area contributed by atoms with E-state index in [0.717, 1.165) is 12.2 Å². The van der Waals surface area contributed by atoms with E-state index in [0.29, 0.717) is 6.61 Å². The van der Waals surface area contributed by atoms with Crippen molar-refractivity contribution >= 4 is 0 Å². The maximum atomic E-state index is 5.54. The van der Waals surface area contributed by atoms with E-state index in [4.69, 9.17) is 9.47 Å². The minimum absolute atomic E-state index is 0.0994. The summed E-state index contributed by atoms with van der Waals surface area (Å²) in [5, 5.41) is 0. The Morgan fingerprint density at radius 2 is 2.14 bits per heavy atom. The predicted molar refractivity (Wildman–Crippen MR) is 55.0 cm³/mol. The van der Waals surface area contributed by atoms with Crippen molar-refractivity contribution in [1.82, 2.24) is 0 Å². The molecule has 0 saturated carbocycles. The van der Waals surface area contributed by atoms with Gasteiger partial charge in [0.1, 0.15) is 11.9 Å². The molecule has 14 heavy (non-hydrogen) atoms. The summed E-state index contributed by atoms with van der Waals surface area (Å²) >= 11 is 0. The minimum Gasteiger partial charge on any atom is -0.499 e. The van der Waals surface area contributed by atoms with Crippen molar-refractivity contribution in [3.05, 3.63) is 47.7 Å². The second-order valence-electron chi connectivity index (χ2n) is 3.32. The number of hydrogen-bond donors (Lipinski definition) is 0. The third-order valence-corrected chi connectivity index (χ3v) is 2.40. The Morgan fingerprint density at radius 1 is 1.36 bits per heavy atom. The molecule has 1 aromatic carbocycles.